The molecule has 0 aliphatic rings. The van der Waals surface area contributed by atoms with Gasteiger partial charge in [0.15, 0.2) is 0 Å². The van der Waals surface area contributed by atoms with E-state index in [9.17, 15) is 9.90 Å². The van der Waals surface area contributed by atoms with E-state index in [0.717, 1.165) is 0 Å². The SMILES string of the molecule is CCC(O)C(=O)c1ccnn1C. The van der Waals surface area contributed by atoms with Crippen molar-refractivity contribution in [1.29, 1.82) is 0 Å². The van der Waals surface area contributed by atoms with Crippen LogP contribution in [0, 0.1) is 0 Å². The summed E-state index contributed by atoms with van der Waals surface area (Å²) in [6, 6.07) is 1.60. The first-order chi connectivity index (χ1) is 5.66. The average Bonchev–Trinajstić information content (AvgIpc) is 2.48. The summed E-state index contributed by atoms with van der Waals surface area (Å²) >= 11 is 0. The molecule has 0 amide bonds. The Bertz CT molecular complexity index is 280. The Kier molecular flexibility index (Phi) is 2.60. The smallest absolute Gasteiger partial charge is 0.209 e. The molecule has 12 heavy (non-hydrogen) atoms. The van der Waals surface area contributed by atoms with Crippen molar-refractivity contribution in [2.45, 2.75) is 19.4 Å². The first kappa shape index (κ1) is 8.93. The molecular weight excluding hydrogens is 156 g/mol. The molecule has 0 aromatic carbocycles. The highest BCUT2D eigenvalue weighted by Gasteiger charge is 2.17. The molecule has 66 valence electrons. The molecule has 1 unspecified atom stereocenters. The quantitative estimate of drug-likeness (QED) is 0.663. The molecule has 0 aliphatic carbocycles. The Morgan fingerprint density at radius 3 is 2.92 bits per heavy atom. The van der Waals surface area contributed by atoms with E-state index in [1.54, 1.807) is 20.0 Å². The van der Waals surface area contributed by atoms with Gasteiger partial charge < -0.3 is 5.11 Å². The van der Waals surface area contributed by atoms with Gasteiger partial charge in [-0.25, -0.2) is 0 Å². The second-order valence-electron chi connectivity index (χ2n) is 2.63. The van der Waals surface area contributed by atoms with Crippen molar-refractivity contribution >= 4 is 5.78 Å². The summed E-state index contributed by atoms with van der Waals surface area (Å²) in [5, 5.41) is 13.1. The van der Waals surface area contributed by atoms with Crippen LogP contribution in [0.15, 0.2) is 12.3 Å². The Balaban J connectivity index is 2.85. The van der Waals surface area contributed by atoms with Crippen LogP contribution in [0.2, 0.25) is 0 Å². The first-order valence-electron chi connectivity index (χ1n) is 3.87. The molecule has 0 fully saturated rings. The van der Waals surface area contributed by atoms with E-state index < -0.39 is 6.10 Å². The van der Waals surface area contributed by atoms with Crippen molar-refractivity contribution in [3.63, 3.8) is 0 Å². The van der Waals surface area contributed by atoms with E-state index in [1.165, 1.54) is 10.9 Å². The molecule has 1 N–H and O–H groups in total. The maximum Gasteiger partial charge on any atom is 0.209 e. The predicted molar refractivity (Wildman–Crippen MR) is 43.8 cm³/mol. The summed E-state index contributed by atoms with van der Waals surface area (Å²) in [6.45, 7) is 1.76. The number of aliphatic hydroxyl groups is 1. The lowest BCUT2D eigenvalue weighted by Gasteiger charge is -2.05. The highest BCUT2D eigenvalue weighted by Crippen LogP contribution is 2.03. The van der Waals surface area contributed by atoms with Crippen LogP contribution in [-0.4, -0.2) is 26.8 Å². The first-order valence-corrected chi connectivity index (χ1v) is 3.87. The maximum atomic E-state index is 11.3. The minimum atomic E-state index is -0.902. The van der Waals surface area contributed by atoms with Gasteiger partial charge in [0.25, 0.3) is 0 Å². The molecule has 0 bridgehead atoms. The minimum Gasteiger partial charge on any atom is -0.385 e. The van der Waals surface area contributed by atoms with Crippen molar-refractivity contribution in [1.82, 2.24) is 9.78 Å². The number of hydrogen-bond acceptors (Lipinski definition) is 3. The monoisotopic (exact) mass is 168 g/mol. The number of carbonyl (C=O) groups is 1. The standard InChI is InChI=1S/C8H12N2O2/c1-3-7(11)8(12)6-4-5-9-10(6)2/h4-5,7,11H,3H2,1-2H3. The molecule has 0 radical (unpaired) electrons. The van der Waals surface area contributed by atoms with E-state index in [-0.39, 0.29) is 5.78 Å². The topological polar surface area (TPSA) is 55.1 Å². The lowest BCUT2D eigenvalue weighted by molar-refractivity contribution is 0.0730. The molecule has 1 atom stereocenters. The van der Waals surface area contributed by atoms with Crippen LogP contribution in [0.3, 0.4) is 0 Å². The van der Waals surface area contributed by atoms with Crippen LogP contribution in [-0.2, 0) is 7.05 Å². The number of Topliss-reactive ketones (excluding diaryl/α,β-unsaturated/α-hetero) is 1. The van der Waals surface area contributed by atoms with Gasteiger partial charge in [-0.05, 0) is 12.5 Å². The number of aromatic nitrogens is 2. The lowest BCUT2D eigenvalue weighted by Crippen LogP contribution is -2.21. The molecule has 0 saturated carbocycles. The third kappa shape index (κ3) is 1.53. The number of ketones is 1. The van der Waals surface area contributed by atoms with Crippen LogP contribution in [0.25, 0.3) is 0 Å². The summed E-state index contributed by atoms with van der Waals surface area (Å²) in [7, 11) is 1.68. The van der Waals surface area contributed by atoms with Gasteiger partial charge in [-0.15, -0.1) is 0 Å². The van der Waals surface area contributed by atoms with E-state index in [2.05, 4.69) is 5.10 Å². The van der Waals surface area contributed by atoms with E-state index in [4.69, 9.17) is 0 Å². The van der Waals surface area contributed by atoms with Crippen LogP contribution < -0.4 is 0 Å². The number of carbonyl (C=O) groups excluding carboxylic acids is 1. The van der Waals surface area contributed by atoms with Gasteiger partial charge in [-0.1, -0.05) is 6.92 Å². The fraction of sp³-hybridized carbons (Fsp3) is 0.500. The van der Waals surface area contributed by atoms with Crippen LogP contribution in [0.5, 0.6) is 0 Å². The van der Waals surface area contributed by atoms with Crippen molar-refractivity contribution in [3.05, 3.63) is 18.0 Å². The zero-order valence-corrected chi connectivity index (χ0v) is 7.19. The molecule has 1 heterocycles. The van der Waals surface area contributed by atoms with Gasteiger partial charge >= 0.3 is 0 Å². The average molecular weight is 168 g/mol. The summed E-state index contributed by atoms with van der Waals surface area (Å²) in [5.74, 6) is -0.266. The third-order valence-electron chi connectivity index (χ3n) is 1.76. The maximum absolute atomic E-state index is 11.3. The zero-order chi connectivity index (χ0) is 9.14. The Hall–Kier alpha value is -1.16. The van der Waals surface area contributed by atoms with E-state index >= 15 is 0 Å². The fourth-order valence-electron chi connectivity index (χ4n) is 0.972. The highest BCUT2D eigenvalue weighted by molar-refractivity contribution is 5.97. The van der Waals surface area contributed by atoms with Gasteiger partial charge in [0.05, 0.1) is 0 Å². The Labute approximate surface area is 70.8 Å². The summed E-state index contributed by atoms with van der Waals surface area (Å²) in [4.78, 5) is 11.3. The van der Waals surface area contributed by atoms with Gasteiger partial charge in [-0.2, -0.15) is 5.10 Å². The number of aryl methyl sites for hydroxylation is 1. The normalized spacial score (nSPS) is 12.9. The van der Waals surface area contributed by atoms with Crippen molar-refractivity contribution in [2.24, 2.45) is 7.05 Å². The molecule has 1 rings (SSSR count). The molecule has 4 nitrogen and oxygen atoms in total. The molecule has 0 saturated heterocycles. The molecule has 1 aromatic heterocycles. The van der Waals surface area contributed by atoms with E-state index in [1.807, 2.05) is 0 Å². The summed E-state index contributed by atoms with van der Waals surface area (Å²) in [5.41, 5.74) is 0.448. The second-order valence-corrected chi connectivity index (χ2v) is 2.63. The summed E-state index contributed by atoms with van der Waals surface area (Å²) < 4.78 is 1.46. The fourth-order valence-corrected chi connectivity index (χ4v) is 0.972. The number of nitrogens with zero attached hydrogens (tertiary/aromatic N) is 2. The lowest BCUT2D eigenvalue weighted by atomic mass is 10.1. The molecular formula is C8H12N2O2. The molecule has 0 spiro atoms. The van der Waals surface area contributed by atoms with Gasteiger partial charge in [0, 0.05) is 13.2 Å². The predicted octanol–water partition coefficient (Wildman–Crippen LogP) is 0.374. The van der Waals surface area contributed by atoms with Crippen molar-refractivity contribution < 1.29 is 9.90 Å². The molecule has 0 aliphatic heterocycles. The van der Waals surface area contributed by atoms with Crippen LogP contribution >= 0.6 is 0 Å². The third-order valence-corrected chi connectivity index (χ3v) is 1.76. The number of hydrogen-bond donors (Lipinski definition) is 1. The van der Waals surface area contributed by atoms with Gasteiger partial charge in [0.1, 0.15) is 11.8 Å². The number of aliphatic hydroxyl groups excluding tert-OH is 1. The Morgan fingerprint density at radius 1 is 1.83 bits per heavy atom. The summed E-state index contributed by atoms with van der Waals surface area (Å²) in [6.07, 6.45) is 1.07. The highest BCUT2D eigenvalue weighted by atomic mass is 16.3. The van der Waals surface area contributed by atoms with Crippen molar-refractivity contribution in [2.75, 3.05) is 0 Å². The van der Waals surface area contributed by atoms with Crippen molar-refractivity contribution in [3.8, 4) is 0 Å². The second kappa shape index (κ2) is 3.49. The molecule has 1 aromatic rings. The molecule has 4 heteroatoms. The van der Waals surface area contributed by atoms with Gasteiger partial charge in [0.2, 0.25) is 5.78 Å². The van der Waals surface area contributed by atoms with E-state index in [0.29, 0.717) is 12.1 Å². The number of rotatable bonds is 3. The minimum absolute atomic E-state index is 0.266. The zero-order valence-electron chi connectivity index (χ0n) is 7.19. The van der Waals surface area contributed by atoms with Gasteiger partial charge in [-0.3, -0.25) is 9.48 Å². The largest absolute Gasteiger partial charge is 0.385 e. The van der Waals surface area contributed by atoms with Crippen LogP contribution in [0.4, 0.5) is 0 Å². The van der Waals surface area contributed by atoms with Crippen LogP contribution in [0.1, 0.15) is 23.8 Å². The Morgan fingerprint density at radius 2 is 2.50 bits per heavy atom.